The normalized spacial score (nSPS) is 11.6. The Balaban J connectivity index is 0.733. The minimum Gasteiger partial charge on any atom is -0.310 e. The van der Waals surface area contributed by atoms with Crippen LogP contribution in [-0.2, 0) is 0 Å². The van der Waals surface area contributed by atoms with E-state index in [4.69, 9.17) is 0 Å². The Morgan fingerprint density at radius 1 is 0.220 bits per heavy atom. The Labute approximate surface area is 528 Å². The number of halogens is 2. The Morgan fingerprint density at radius 2 is 0.484 bits per heavy atom. The molecule has 0 aliphatic heterocycles. The molecule has 0 saturated carbocycles. The average molecular weight is 1190 g/mol. The number of anilines is 6. The van der Waals surface area contributed by atoms with Crippen molar-refractivity contribution in [2.24, 2.45) is 0 Å². The average Bonchev–Trinajstić information content (AvgIpc) is 1.50. The lowest BCUT2D eigenvalue weighted by Gasteiger charge is -2.34. The zero-order valence-corrected chi connectivity index (χ0v) is 50.5. The number of hydrogen-bond acceptors (Lipinski definition) is 2. The Bertz CT molecular complexity index is 4920. The van der Waals surface area contributed by atoms with Gasteiger partial charge in [0.2, 0.25) is 0 Å². The molecule has 14 aromatic carbocycles. The highest BCUT2D eigenvalue weighted by atomic mass is 28.3. The monoisotopic (exact) mass is 1190 g/mol. The van der Waals surface area contributed by atoms with Gasteiger partial charge in [-0.1, -0.05) is 206 Å². The van der Waals surface area contributed by atoms with Gasteiger partial charge in [-0.05, 0) is 189 Å². The summed E-state index contributed by atoms with van der Waals surface area (Å²) in [5.74, 6) is -0.559. The number of aromatic nitrogens is 2. The van der Waals surface area contributed by atoms with Crippen molar-refractivity contribution in [2.45, 2.75) is 0 Å². The molecule has 0 atom stereocenters. The highest BCUT2D eigenvalue weighted by molar-refractivity contribution is 7.19. The van der Waals surface area contributed by atoms with Gasteiger partial charge in [0.25, 0.3) is 0 Å². The summed E-state index contributed by atoms with van der Waals surface area (Å²) in [6.07, 6.45) is 0. The van der Waals surface area contributed by atoms with Gasteiger partial charge in [0.05, 0.1) is 22.1 Å². The van der Waals surface area contributed by atoms with Gasteiger partial charge in [-0.25, -0.2) is 8.78 Å². The van der Waals surface area contributed by atoms with Gasteiger partial charge < -0.3 is 18.9 Å². The first kappa shape index (κ1) is 54.7. The maximum atomic E-state index is 14.6. The highest BCUT2D eigenvalue weighted by Crippen LogP contribution is 2.43. The molecule has 2 aromatic heterocycles. The molecule has 0 saturated heterocycles. The topological polar surface area (TPSA) is 16.3 Å². The summed E-state index contributed by atoms with van der Waals surface area (Å²) in [6, 6.07) is 123. The third kappa shape index (κ3) is 9.76. The molecule has 432 valence electrons. The Kier molecular flexibility index (Phi) is 13.9. The van der Waals surface area contributed by atoms with Crippen molar-refractivity contribution >= 4 is 107 Å². The predicted molar refractivity (Wildman–Crippen MR) is 379 cm³/mol. The maximum absolute atomic E-state index is 14.6. The zero-order chi connectivity index (χ0) is 60.8. The fraction of sp³-hybridized carbons (Fsp3) is 0. The van der Waals surface area contributed by atoms with Crippen LogP contribution in [0.1, 0.15) is 0 Å². The van der Waals surface area contributed by atoms with Crippen molar-refractivity contribution in [3.05, 3.63) is 363 Å². The van der Waals surface area contributed by atoms with Crippen LogP contribution in [0, 0.1) is 11.6 Å². The molecule has 0 amide bonds. The highest BCUT2D eigenvalue weighted by Gasteiger charge is 2.41. The van der Waals surface area contributed by atoms with Crippen LogP contribution in [0.2, 0.25) is 0 Å². The van der Waals surface area contributed by atoms with E-state index in [2.05, 4.69) is 310 Å². The van der Waals surface area contributed by atoms with Crippen molar-refractivity contribution in [3.8, 4) is 33.6 Å². The standard InChI is InChI=1S/C84H58F2N4Si/c85-63-37-45-69(46-38-63)87(71-49-55-83-79(57-71)77-25-13-15-27-81(77)89(83)65-17-5-1-6-18-65)67-41-29-59(30-42-67)61-33-51-75(52-34-61)91(73-21-9-3-10-22-73,74-23-11-4-12-24-74)76-53-35-62(36-54-76)60-31-43-68(44-32-60)88(70-47-39-64(86)40-48-70)72-50-56-84-80(58-72)78-26-14-16-28-82(78)90(84)66-19-7-2-8-20-66/h1-58H. The van der Waals surface area contributed by atoms with Crippen LogP contribution in [0.15, 0.2) is 352 Å². The molecule has 16 rings (SSSR count). The van der Waals surface area contributed by atoms with Gasteiger partial charge in [0.15, 0.2) is 8.07 Å². The van der Waals surface area contributed by atoms with E-state index in [1.54, 1.807) is 0 Å². The van der Waals surface area contributed by atoms with E-state index in [0.29, 0.717) is 0 Å². The molecule has 91 heavy (non-hydrogen) atoms. The molecular formula is C84H58F2N4Si. The van der Waals surface area contributed by atoms with E-state index in [-0.39, 0.29) is 11.6 Å². The lowest BCUT2D eigenvalue weighted by Crippen LogP contribution is -2.74. The third-order valence-electron chi connectivity index (χ3n) is 18.0. The number of hydrogen-bond donors (Lipinski definition) is 0. The van der Waals surface area contributed by atoms with Crippen LogP contribution in [0.25, 0.3) is 77.2 Å². The van der Waals surface area contributed by atoms with Crippen molar-refractivity contribution in [2.75, 3.05) is 9.80 Å². The summed E-state index contributed by atoms with van der Waals surface area (Å²) in [6.45, 7) is 0. The molecule has 2 heterocycles. The fourth-order valence-electron chi connectivity index (χ4n) is 13.8. The first-order valence-electron chi connectivity index (χ1n) is 30.8. The third-order valence-corrected chi connectivity index (χ3v) is 22.8. The SMILES string of the molecule is Fc1ccc(N(c2ccc(-c3ccc([Si](c4ccccc4)(c4ccccc4)c4ccc(-c5ccc(N(c6ccc(F)cc6)c6ccc7c(c6)c6ccccc6n7-c6ccccc6)cc5)cc4)cc3)cc2)c2ccc3c(c2)c2ccccc2n3-c2ccccc2)cc1. The van der Waals surface area contributed by atoms with Gasteiger partial charge in [-0.2, -0.15) is 0 Å². The van der Waals surface area contributed by atoms with Crippen LogP contribution in [-0.4, -0.2) is 17.2 Å². The number of para-hydroxylation sites is 4. The van der Waals surface area contributed by atoms with Gasteiger partial charge >= 0.3 is 0 Å². The molecular weight excluding hydrogens is 1130 g/mol. The summed E-state index contributed by atoms with van der Waals surface area (Å²) in [5.41, 5.74) is 16.7. The second-order valence-electron chi connectivity index (χ2n) is 23.1. The molecule has 0 aliphatic rings. The molecule has 0 bridgehead atoms. The minimum absolute atomic E-state index is 0.280. The van der Waals surface area contributed by atoms with Crippen molar-refractivity contribution in [1.82, 2.24) is 9.13 Å². The lowest BCUT2D eigenvalue weighted by molar-refractivity contribution is 0.627. The first-order chi connectivity index (χ1) is 44.9. The van der Waals surface area contributed by atoms with Crippen LogP contribution >= 0.6 is 0 Å². The fourth-order valence-corrected chi connectivity index (χ4v) is 18.5. The van der Waals surface area contributed by atoms with Crippen LogP contribution in [0.4, 0.5) is 42.9 Å². The number of benzene rings is 14. The molecule has 16 aromatic rings. The summed E-state index contributed by atoms with van der Waals surface area (Å²) < 4.78 is 33.8. The van der Waals surface area contributed by atoms with Crippen molar-refractivity contribution < 1.29 is 8.78 Å². The van der Waals surface area contributed by atoms with E-state index >= 15 is 0 Å². The van der Waals surface area contributed by atoms with Gasteiger partial charge in [0, 0.05) is 67.0 Å². The summed E-state index contributed by atoms with van der Waals surface area (Å²) in [7, 11) is -2.93. The van der Waals surface area contributed by atoms with Crippen molar-refractivity contribution in [1.29, 1.82) is 0 Å². The predicted octanol–water partition coefficient (Wildman–Crippen LogP) is 19.8. The number of fused-ring (bicyclic) bond motifs is 6. The number of rotatable bonds is 14. The van der Waals surface area contributed by atoms with Crippen LogP contribution < -0.4 is 30.5 Å². The molecule has 0 unspecified atom stereocenters. The Hall–Kier alpha value is -11.6. The molecule has 0 N–H and O–H groups in total. The molecule has 7 heteroatoms. The Morgan fingerprint density at radius 3 is 0.835 bits per heavy atom. The summed E-state index contributed by atoms with van der Waals surface area (Å²) in [5, 5.41) is 9.73. The largest absolute Gasteiger partial charge is 0.310 e. The van der Waals surface area contributed by atoms with Crippen LogP contribution in [0.3, 0.4) is 0 Å². The second-order valence-corrected chi connectivity index (χ2v) is 26.9. The minimum atomic E-state index is -2.93. The molecule has 0 fully saturated rings. The van der Waals surface area contributed by atoms with Gasteiger partial charge in [-0.3, -0.25) is 0 Å². The number of nitrogens with zero attached hydrogens (tertiary/aromatic N) is 4. The van der Waals surface area contributed by atoms with E-state index in [1.165, 1.54) is 45.0 Å². The maximum Gasteiger partial charge on any atom is 0.179 e. The quantitative estimate of drug-likeness (QED) is 0.0797. The van der Waals surface area contributed by atoms with Gasteiger partial charge in [-0.15, -0.1) is 0 Å². The lowest BCUT2D eigenvalue weighted by atomic mass is 10.0. The molecule has 0 spiro atoms. The van der Waals surface area contributed by atoms with Gasteiger partial charge in [0.1, 0.15) is 11.6 Å². The van der Waals surface area contributed by atoms with E-state index in [1.807, 2.05) is 36.4 Å². The van der Waals surface area contributed by atoms with E-state index in [9.17, 15) is 8.78 Å². The second kappa shape index (κ2) is 23.1. The van der Waals surface area contributed by atoms with Crippen LogP contribution in [0.5, 0.6) is 0 Å². The smallest absolute Gasteiger partial charge is 0.179 e. The van der Waals surface area contributed by atoms with E-state index < -0.39 is 8.07 Å². The molecule has 0 aliphatic carbocycles. The molecule has 0 radical (unpaired) electrons. The zero-order valence-electron chi connectivity index (χ0n) is 49.5. The van der Waals surface area contributed by atoms with E-state index in [0.717, 1.165) is 111 Å². The molecule has 4 nitrogen and oxygen atoms in total. The summed E-state index contributed by atoms with van der Waals surface area (Å²) >= 11 is 0. The first-order valence-corrected chi connectivity index (χ1v) is 32.8. The summed E-state index contributed by atoms with van der Waals surface area (Å²) in [4.78, 5) is 4.41. The van der Waals surface area contributed by atoms with Crippen molar-refractivity contribution in [3.63, 3.8) is 0 Å².